The van der Waals surface area contributed by atoms with E-state index < -0.39 is 5.97 Å². The van der Waals surface area contributed by atoms with Crippen molar-refractivity contribution in [3.8, 4) is 0 Å². The number of carboxylic acid groups (broad SMARTS) is 1. The van der Waals surface area contributed by atoms with E-state index in [0.29, 0.717) is 0 Å². The second kappa shape index (κ2) is 8.95. The summed E-state index contributed by atoms with van der Waals surface area (Å²) in [4.78, 5) is 22.1. The molecule has 0 heterocycles. The Kier molecular flexibility index (Phi) is 7.46. The SMILES string of the molecule is O=C(O)CCCCCCNC(=O)C1CCCCC1. The monoisotopic (exact) mass is 255 g/mol. The molecule has 104 valence electrons. The molecule has 1 saturated carbocycles. The molecule has 0 aromatic heterocycles. The molecule has 0 atom stereocenters. The summed E-state index contributed by atoms with van der Waals surface area (Å²) in [5, 5.41) is 11.5. The Morgan fingerprint density at radius 1 is 1.00 bits per heavy atom. The van der Waals surface area contributed by atoms with Gasteiger partial charge in [0, 0.05) is 18.9 Å². The van der Waals surface area contributed by atoms with Gasteiger partial charge in [-0.05, 0) is 25.7 Å². The number of carbonyl (C=O) groups excluding carboxylic acids is 1. The molecule has 0 unspecified atom stereocenters. The number of amides is 1. The van der Waals surface area contributed by atoms with Gasteiger partial charge in [0.05, 0.1) is 0 Å². The van der Waals surface area contributed by atoms with E-state index in [1.165, 1.54) is 19.3 Å². The summed E-state index contributed by atoms with van der Waals surface area (Å²) in [5.74, 6) is -0.258. The molecule has 4 heteroatoms. The number of unbranched alkanes of at least 4 members (excludes halogenated alkanes) is 3. The van der Waals surface area contributed by atoms with Crippen molar-refractivity contribution in [2.75, 3.05) is 6.54 Å². The fourth-order valence-corrected chi connectivity index (χ4v) is 2.48. The molecule has 1 aliphatic rings. The Morgan fingerprint density at radius 3 is 2.33 bits per heavy atom. The summed E-state index contributed by atoms with van der Waals surface area (Å²) in [5.41, 5.74) is 0. The smallest absolute Gasteiger partial charge is 0.303 e. The number of hydrogen-bond donors (Lipinski definition) is 2. The molecule has 0 aliphatic heterocycles. The van der Waals surface area contributed by atoms with Gasteiger partial charge in [0.2, 0.25) is 5.91 Å². The third-order valence-electron chi connectivity index (χ3n) is 3.59. The van der Waals surface area contributed by atoms with E-state index >= 15 is 0 Å². The molecule has 0 aromatic rings. The highest BCUT2D eigenvalue weighted by Crippen LogP contribution is 2.23. The summed E-state index contributed by atoms with van der Waals surface area (Å²) in [6, 6.07) is 0. The largest absolute Gasteiger partial charge is 0.481 e. The fourth-order valence-electron chi connectivity index (χ4n) is 2.48. The van der Waals surface area contributed by atoms with Gasteiger partial charge in [-0.25, -0.2) is 0 Å². The Bertz CT molecular complexity index is 260. The quantitative estimate of drug-likeness (QED) is 0.655. The summed E-state index contributed by atoms with van der Waals surface area (Å²) < 4.78 is 0. The van der Waals surface area contributed by atoms with Crippen molar-refractivity contribution in [2.45, 2.75) is 64.2 Å². The fraction of sp³-hybridized carbons (Fsp3) is 0.857. The van der Waals surface area contributed by atoms with E-state index in [9.17, 15) is 9.59 Å². The molecule has 1 aliphatic carbocycles. The molecular weight excluding hydrogens is 230 g/mol. The minimum atomic E-state index is -0.722. The highest BCUT2D eigenvalue weighted by atomic mass is 16.4. The van der Waals surface area contributed by atoms with E-state index in [4.69, 9.17) is 5.11 Å². The van der Waals surface area contributed by atoms with Crippen LogP contribution in [0.5, 0.6) is 0 Å². The first kappa shape index (κ1) is 15.0. The van der Waals surface area contributed by atoms with E-state index in [2.05, 4.69) is 5.32 Å². The molecule has 0 saturated heterocycles. The Labute approximate surface area is 109 Å². The predicted octanol–water partition coefficient (Wildman–Crippen LogP) is 2.72. The van der Waals surface area contributed by atoms with Crippen molar-refractivity contribution < 1.29 is 14.7 Å². The Morgan fingerprint density at radius 2 is 1.67 bits per heavy atom. The van der Waals surface area contributed by atoms with E-state index in [-0.39, 0.29) is 18.2 Å². The summed E-state index contributed by atoms with van der Waals surface area (Å²) in [6.07, 6.45) is 9.63. The van der Waals surface area contributed by atoms with Crippen LogP contribution in [-0.4, -0.2) is 23.5 Å². The minimum absolute atomic E-state index is 0.222. The average molecular weight is 255 g/mol. The zero-order chi connectivity index (χ0) is 13.2. The third-order valence-corrected chi connectivity index (χ3v) is 3.59. The zero-order valence-corrected chi connectivity index (χ0v) is 11.1. The highest BCUT2D eigenvalue weighted by molar-refractivity contribution is 5.78. The van der Waals surface area contributed by atoms with Crippen LogP contribution < -0.4 is 5.32 Å². The molecule has 1 rings (SSSR count). The zero-order valence-electron chi connectivity index (χ0n) is 11.1. The van der Waals surface area contributed by atoms with Crippen molar-refractivity contribution in [3.63, 3.8) is 0 Å². The second-order valence-corrected chi connectivity index (χ2v) is 5.18. The minimum Gasteiger partial charge on any atom is -0.481 e. The van der Waals surface area contributed by atoms with Gasteiger partial charge in [0.1, 0.15) is 0 Å². The predicted molar refractivity (Wildman–Crippen MR) is 70.3 cm³/mol. The van der Waals surface area contributed by atoms with Crippen LogP contribution in [0.3, 0.4) is 0 Å². The van der Waals surface area contributed by atoms with Crippen LogP contribution in [0.1, 0.15) is 64.2 Å². The first-order chi connectivity index (χ1) is 8.70. The second-order valence-electron chi connectivity index (χ2n) is 5.18. The number of rotatable bonds is 8. The van der Waals surface area contributed by atoms with Gasteiger partial charge < -0.3 is 10.4 Å². The van der Waals surface area contributed by atoms with Gasteiger partial charge >= 0.3 is 5.97 Å². The molecule has 0 bridgehead atoms. The number of carboxylic acids is 1. The van der Waals surface area contributed by atoms with Crippen LogP contribution in [0.25, 0.3) is 0 Å². The molecule has 1 fully saturated rings. The van der Waals surface area contributed by atoms with Gasteiger partial charge in [0.25, 0.3) is 0 Å². The normalized spacial score (nSPS) is 16.4. The molecule has 2 N–H and O–H groups in total. The van der Waals surface area contributed by atoms with Gasteiger partial charge in [-0.1, -0.05) is 32.1 Å². The molecule has 0 radical (unpaired) electrons. The third kappa shape index (κ3) is 6.62. The van der Waals surface area contributed by atoms with Gasteiger partial charge in [-0.15, -0.1) is 0 Å². The van der Waals surface area contributed by atoms with Gasteiger partial charge in [-0.2, -0.15) is 0 Å². The van der Waals surface area contributed by atoms with Crippen molar-refractivity contribution in [3.05, 3.63) is 0 Å². The van der Waals surface area contributed by atoms with E-state index in [1.807, 2.05) is 0 Å². The first-order valence-corrected chi connectivity index (χ1v) is 7.19. The molecular formula is C14H25NO3. The lowest BCUT2D eigenvalue weighted by atomic mass is 9.89. The molecule has 0 aromatic carbocycles. The lowest BCUT2D eigenvalue weighted by Crippen LogP contribution is -2.32. The maximum absolute atomic E-state index is 11.8. The summed E-state index contributed by atoms with van der Waals surface area (Å²) >= 11 is 0. The van der Waals surface area contributed by atoms with Crippen LogP contribution in [0.15, 0.2) is 0 Å². The van der Waals surface area contributed by atoms with Crippen LogP contribution in [0, 0.1) is 5.92 Å². The highest BCUT2D eigenvalue weighted by Gasteiger charge is 2.20. The van der Waals surface area contributed by atoms with E-state index in [0.717, 1.165) is 45.1 Å². The van der Waals surface area contributed by atoms with E-state index in [1.54, 1.807) is 0 Å². The Balaban J connectivity index is 1.93. The van der Waals surface area contributed by atoms with Crippen LogP contribution in [0.2, 0.25) is 0 Å². The summed E-state index contributed by atoms with van der Waals surface area (Å²) in [6.45, 7) is 0.738. The number of hydrogen-bond acceptors (Lipinski definition) is 2. The topological polar surface area (TPSA) is 66.4 Å². The lowest BCUT2D eigenvalue weighted by Gasteiger charge is -2.20. The van der Waals surface area contributed by atoms with Gasteiger partial charge in [0.15, 0.2) is 0 Å². The molecule has 4 nitrogen and oxygen atoms in total. The first-order valence-electron chi connectivity index (χ1n) is 7.19. The number of carbonyl (C=O) groups is 2. The van der Waals surface area contributed by atoms with Gasteiger partial charge in [-0.3, -0.25) is 9.59 Å². The van der Waals surface area contributed by atoms with Crippen LogP contribution in [-0.2, 0) is 9.59 Å². The lowest BCUT2D eigenvalue weighted by molar-refractivity contribution is -0.137. The average Bonchev–Trinajstić information content (AvgIpc) is 2.38. The standard InChI is InChI=1S/C14H25NO3/c16-13(17)10-6-1-2-7-11-15-14(18)12-8-4-3-5-9-12/h12H,1-11H2,(H,15,18)(H,16,17). The number of aliphatic carboxylic acids is 1. The van der Waals surface area contributed by atoms with Crippen molar-refractivity contribution in [1.29, 1.82) is 0 Å². The number of nitrogens with one attached hydrogen (secondary N) is 1. The maximum Gasteiger partial charge on any atom is 0.303 e. The summed E-state index contributed by atoms with van der Waals surface area (Å²) in [7, 11) is 0. The molecule has 18 heavy (non-hydrogen) atoms. The van der Waals surface area contributed by atoms with Crippen molar-refractivity contribution >= 4 is 11.9 Å². The van der Waals surface area contributed by atoms with Crippen molar-refractivity contribution in [1.82, 2.24) is 5.32 Å². The molecule has 1 amide bonds. The van der Waals surface area contributed by atoms with Crippen molar-refractivity contribution in [2.24, 2.45) is 5.92 Å². The van der Waals surface area contributed by atoms with Crippen LogP contribution >= 0.6 is 0 Å². The molecule has 0 spiro atoms. The Hall–Kier alpha value is -1.06. The maximum atomic E-state index is 11.8. The van der Waals surface area contributed by atoms with Crippen LogP contribution in [0.4, 0.5) is 0 Å².